The molecule has 0 amide bonds. The van der Waals surface area contributed by atoms with Gasteiger partial charge in [0.05, 0.1) is 44.6 Å². The van der Waals surface area contributed by atoms with E-state index in [0.717, 1.165) is 73.1 Å². The number of phenolic OH excluding ortho intramolecular Hbond substituents is 2. The Hall–Kier alpha value is -7.58. The molecule has 0 unspecified atom stereocenters. The zero-order valence-electron chi connectivity index (χ0n) is 63.3. The second-order valence-electron chi connectivity index (χ2n) is 36.1. The van der Waals surface area contributed by atoms with Crippen molar-refractivity contribution in [1.82, 2.24) is 9.13 Å². The maximum absolute atomic E-state index is 16.6. The van der Waals surface area contributed by atoms with Gasteiger partial charge in [-0.05, 0) is 190 Å². The number of benzene rings is 8. The maximum atomic E-state index is 16.6. The monoisotopic (exact) mass is 1310 g/mol. The minimum absolute atomic E-state index is 0.0431. The number of rotatable bonds is 16. The largest absolute Gasteiger partial charge is 0.711 e. The van der Waals surface area contributed by atoms with Crippen LogP contribution in [0, 0.1) is 43.6 Å². The van der Waals surface area contributed by atoms with Gasteiger partial charge in [0.15, 0.2) is 0 Å². The highest BCUT2D eigenvalue weighted by Crippen LogP contribution is 2.53. The van der Waals surface area contributed by atoms with Gasteiger partial charge >= 0.3 is 0 Å². The molecular weight excluding hydrogens is 1200 g/mol. The molecule has 0 aliphatic rings. The van der Waals surface area contributed by atoms with Crippen LogP contribution in [-0.4, -0.2) is 32.6 Å². The molecule has 0 saturated heterocycles. The topological polar surface area (TPSA) is 55.7 Å². The van der Waals surface area contributed by atoms with Crippen LogP contribution in [0.25, 0.3) is 77.2 Å². The van der Waals surface area contributed by atoms with Crippen molar-refractivity contribution >= 4 is 43.6 Å². The number of aryl methyl sites for hydroxylation is 2. The molecule has 0 bridgehead atoms. The average molecular weight is 1310 g/mol. The first kappa shape index (κ1) is 72.2. The lowest BCUT2D eigenvalue weighted by Gasteiger charge is -2.35. The zero-order chi connectivity index (χ0) is 71.6. The Labute approximate surface area is 580 Å². The number of hydrogen-bond donors (Lipinski definition) is 2. The number of unbranched alkanes of at least 4 members (excludes halogenated alkanes) is 1. The van der Waals surface area contributed by atoms with E-state index in [2.05, 4.69) is 281 Å². The second-order valence-corrected chi connectivity index (χ2v) is 36.1. The van der Waals surface area contributed by atoms with E-state index in [1.54, 1.807) is 12.1 Å². The van der Waals surface area contributed by atoms with E-state index in [4.69, 9.17) is 0 Å². The third-order valence-corrected chi connectivity index (χ3v) is 20.1. The summed E-state index contributed by atoms with van der Waals surface area (Å²) in [4.78, 5) is 0. The Morgan fingerprint density at radius 2 is 0.691 bits per heavy atom. The Balaban J connectivity index is 1.07. The Morgan fingerprint density at radius 3 is 1.00 bits per heavy atom. The summed E-state index contributed by atoms with van der Waals surface area (Å²) in [7, 11) is 9.26. The first-order chi connectivity index (χ1) is 44.7. The summed E-state index contributed by atoms with van der Waals surface area (Å²) in [5.74, 6) is 0.591. The average Bonchev–Trinajstić information content (AvgIpc) is 1.65. The molecule has 0 spiro atoms. The third kappa shape index (κ3) is 14.5. The smallest absolute Gasteiger partial charge is 0.238 e. The van der Waals surface area contributed by atoms with Crippen LogP contribution in [0.5, 0.6) is 23.0 Å². The number of aromatic nitrogens is 2. The first-order valence-corrected chi connectivity index (χ1v) is 35.3. The molecule has 0 atom stereocenters. The zero-order valence-corrected chi connectivity index (χ0v) is 63.3. The van der Waals surface area contributed by atoms with Crippen molar-refractivity contribution in [3.8, 4) is 56.6 Å². The fraction of sp³-hybridized carbons (Fsp3) is 0.438. The van der Waals surface area contributed by atoms with Gasteiger partial charge in [-0.2, -0.15) is 0 Å². The molecule has 0 saturated carbocycles. The van der Waals surface area contributed by atoms with Crippen molar-refractivity contribution in [3.63, 3.8) is 0 Å². The van der Waals surface area contributed by atoms with E-state index in [1.165, 1.54) is 34.4 Å². The van der Waals surface area contributed by atoms with Crippen molar-refractivity contribution in [2.24, 2.45) is 10.8 Å². The first-order valence-electron chi connectivity index (χ1n) is 35.3. The minimum Gasteiger partial charge on any atom is -0.711 e. The SMILES string of the molecule is [CH2-][O+](CCCC[O+]([CH2-])c1c(CC)cc(F)cc1-c1cc(C(C)(C)CC(C)(C)C)cc(-n2c3cc(C(C)(C)C)ccc3c3ccc(C(C)(C)C)cc32)c1O)c1c(C)cc(F)cc1-c1cc(C(C)(C)CC(C)(C)C)cc(-n2c3cc(C(C)(C)C)ccc3c3ccc(C(C)(C)C)cc32)c1O. The number of halogens is 2. The molecule has 2 N–H and O–H groups in total. The van der Waals surface area contributed by atoms with Gasteiger partial charge in [-0.15, -0.1) is 0 Å². The minimum atomic E-state index is -0.418. The van der Waals surface area contributed by atoms with Crippen molar-refractivity contribution in [2.45, 2.75) is 231 Å². The molecule has 97 heavy (non-hydrogen) atoms. The lowest BCUT2D eigenvalue weighted by atomic mass is 9.71. The van der Waals surface area contributed by atoms with Crippen LogP contribution in [0.1, 0.15) is 229 Å². The molecule has 8 heteroatoms. The van der Waals surface area contributed by atoms with Gasteiger partial charge in [-0.3, -0.25) is 0 Å². The molecule has 10 rings (SSSR count). The van der Waals surface area contributed by atoms with E-state index in [-0.39, 0.29) is 54.8 Å². The maximum Gasteiger partial charge on any atom is 0.238 e. The van der Waals surface area contributed by atoms with Crippen molar-refractivity contribution in [1.29, 1.82) is 0 Å². The van der Waals surface area contributed by atoms with E-state index >= 15 is 8.78 Å². The predicted octanol–water partition coefficient (Wildman–Crippen LogP) is 26.0. The quantitative estimate of drug-likeness (QED) is 0.0575. The number of aromatic hydroxyl groups is 2. The van der Waals surface area contributed by atoms with Crippen LogP contribution in [-0.2, 0) is 47.6 Å². The molecule has 2 aromatic heterocycles. The predicted molar refractivity (Wildman–Crippen MR) is 410 cm³/mol. The summed E-state index contributed by atoms with van der Waals surface area (Å²) in [5.41, 5.74) is 14.0. The lowest BCUT2D eigenvalue weighted by Crippen LogP contribution is -2.25. The van der Waals surface area contributed by atoms with E-state index in [0.29, 0.717) is 83.2 Å². The summed E-state index contributed by atoms with van der Waals surface area (Å²) < 4.78 is 43.7. The Bertz CT molecular complexity index is 4520. The molecule has 0 radical (unpaired) electrons. The van der Waals surface area contributed by atoms with Gasteiger partial charge in [0, 0.05) is 56.6 Å². The molecule has 516 valence electrons. The normalized spacial score (nSPS) is 13.3. The van der Waals surface area contributed by atoms with Gasteiger partial charge in [-0.25, -0.2) is 8.78 Å². The fourth-order valence-electron chi connectivity index (χ4n) is 15.6. The fourth-order valence-corrected chi connectivity index (χ4v) is 15.6. The summed E-state index contributed by atoms with van der Waals surface area (Å²) >= 11 is 0. The van der Waals surface area contributed by atoms with Crippen LogP contribution in [0.15, 0.2) is 121 Å². The third-order valence-electron chi connectivity index (χ3n) is 20.1. The van der Waals surface area contributed by atoms with Crippen LogP contribution in [0.3, 0.4) is 0 Å². The molecule has 6 nitrogen and oxygen atoms in total. The highest BCUT2D eigenvalue weighted by molar-refractivity contribution is 6.11. The molecule has 8 aromatic carbocycles. The number of nitrogens with zero attached hydrogens (tertiary/aromatic N) is 2. The van der Waals surface area contributed by atoms with Gasteiger partial charge in [0.1, 0.15) is 36.3 Å². The van der Waals surface area contributed by atoms with Crippen molar-refractivity contribution < 1.29 is 27.7 Å². The van der Waals surface area contributed by atoms with Crippen molar-refractivity contribution in [3.05, 3.63) is 192 Å². The Kier molecular flexibility index (Phi) is 18.8. The van der Waals surface area contributed by atoms with E-state index in [1.807, 2.05) is 13.8 Å². The molecule has 2 heterocycles. The Morgan fingerprint density at radius 1 is 0.381 bits per heavy atom. The number of hydrogen-bond acceptors (Lipinski definition) is 2. The molecule has 0 fully saturated rings. The molecule has 0 aliphatic heterocycles. The molecular formula is C89H112F2N2O4. The van der Waals surface area contributed by atoms with Gasteiger partial charge in [-0.1, -0.05) is 208 Å². The highest BCUT2D eigenvalue weighted by Gasteiger charge is 2.36. The summed E-state index contributed by atoms with van der Waals surface area (Å²) in [6.45, 7) is 54.1. The van der Waals surface area contributed by atoms with Gasteiger partial charge in [0.2, 0.25) is 11.5 Å². The van der Waals surface area contributed by atoms with Crippen LogP contribution in [0.2, 0.25) is 0 Å². The molecule has 10 aromatic rings. The molecule has 0 aliphatic carbocycles. The summed E-state index contributed by atoms with van der Waals surface area (Å²) in [6.07, 6.45) is 3.41. The van der Waals surface area contributed by atoms with Crippen LogP contribution in [0.4, 0.5) is 8.78 Å². The van der Waals surface area contributed by atoms with E-state index in [9.17, 15) is 10.2 Å². The number of fused-ring (bicyclic) bond motifs is 6. The van der Waals surface area contributed by atoms with E-state index < -0.39 is 11.6 Å². The summed E-state index contributed by atoms with van der Waals surface area (Å²) in [6, 6.07) is 41.6. The second kappa shape index (κ2) is 25.3. The van der Waals surface area contributed by atoms with Crippen LogP contribution < -0.4 is 0 Å². The van der Waals surface area contributed by atoms with Gasteiger partial charge in [0.25, 0.3) is 0 Å². The lowest BCUT2D eigenvalue weighted by molar-refractivity contribution is 0.00415. The van der Waals surface area contributed by atoms with Crippen LogP contribution >= 0.6 is 0 Å². The summed E-state index contributed by atoms with van der Waals surface area (Å²) in [5, 5.41) is 31.1. The van der Waals surface area contributed by atoms with Gasteiger partial charge < -0.3 is 28.1 Å². The standard InChI is InChI=1S/C89H112F2N2O4/c1-27-55-41-63(91)51-71(69-43-61(89(23,24)53-83(6,7)8)49-77(79(69)95)93-74-46-58(86(15,16)17)32-36-66(74)67-37-33-59(47-75(67)93)87(18,19)20)81(55)97(26)39-29-28-38-96(25)80-54(2)40-62(90)50-70(80)68-42-60(88(21,22)52-82(3,4)5)48-76(78(68)94)92-72-44-56(84(9,10)11)30-34-64(72)65-35-31-57(45-73(65)92)85(12,13)14/h30-37,40-51,94-95H,25-29,38-39,52-53H2,1-24H3. The van der Waals surface area contributed by atoms with Crippen molar-refractivity contribution in [2.75, 3.05) is 13.2 Å². The highest BCUT2D eigenvalue weighted by atomic mass is 19.1. The number of phenols is 2.